The molecule has 2 nitrogen and oxygen atoms in total. The van der Waals surface area contributed by atoms with Gasteiger partial charge in [-0.1, -0.05) is 18.2 Å². The van der Waals surface area contributed by atoms with E-state index in [1.54, 1.807) is 13.0 Å². The molecule has 102 valence electrons. The van der Waals surface area contributed by atoms with Crippen LogP contribution in [0.1, 0.15) is 25.0 Å². The molecule has 0 aromatic heterocycles. The van der Waals surface area contributed by atoms with Gasteiger partial charge in [-0.05, 0) is 31.9 Å². The van der Waals surface area contributed by atoms with E-state index in [0.29, 0.717) is 25.2 Å². The van der Waals surface area contributed by atoms with Crippen molar-refractivity contribution in [3.8, 4) is 0 Å². The number of rotatable bonds is 5. The highest BCUT2D eigenvalue weighted by Crippen LogP contribution is 2.30. The Hall–Kier alpha value is -1.07. The summed E-state index contributed by atoms with van der Waals surface area (Å²) in [6.45, 7) is 4.47. The molecule has 18 heavy (non-hydrogen) atoms. The Kier molecular flexibility index (Phi) is 4.76. The van der Waals surface area contributed by atoms with Gasteiger partial charge in [0, 0.05) is 12.1 Å². The van der Waals surface area contributed by atoms with E-state index in [2.05, 4.69) is 0 Å². The maximum atomic E-state index is 12.5. The van der Waals surface area contributed by atoms with Crippen molar-refractivity contribution in [3.05, 3.63) is 35.4 Å². The van der Waals surface area contributed by atoms with Crippen LogP contribution in [0, 0.1) is 0 Å². The van der Waals surface area contributed by atoms with Gasteiger partial charge >= 0.3 is 6.18 Å². The molecule has 0 heterocycles. The van der Waals surface area contributed by atoms with Gasteiger partial charge in [-0.15, -0.1) is 0 Å². The van der Waals surface area contributed by atoms with Crippen LogP contribution in [0.25, 0.3) is 0 Å². The maximum Gasteiger partial charge on any atom is 0.416 e. The minimum Gasteiger partial charge on any atom is -0.380 e. The largest absolute Gasteiger partial charge is 0.416 e. The fourth-order valence-corrected chi connectivity index (χ4v) is 1.71. The van der Waals surface area contributed by atoms with E-state index in [4.69, 9.17) is 10.5 Å². The first-order chi connectivity index (χ1) is 8.24. The lowest BCUT2D eigenvalue weighted by atomic mass is 9.94. The first-order valence-corrected chi connectivity index (χ1v) is 5.77. The predicted octanol–water partition coefficient (Wildman–Crippen LogP) is 3.00. The Morgan fingerprint density at radius 1 is 1.28 bits per heavy atom. The van der Waals surface area contributed by atoms with Gasteiger partial charge in [0.15, 0.2) is 0 Å². The molecule has 0 radical (unpaired) electrons. The van der Waals surface area contributed by atoms with Crippen LogP contribution in [-0.2, 0) is 17.3 Å². The Morgan fingerprint density at radius 2 is 1.94 bits per heavy atom. The average Bonchev–Trinajstić information content (AvgIpc) is 2.25. The van der Waals surface area contributed by atoms with E-state index in [1.807, 2.05) is 6.92 Å². The lowest BCUT2D eigenvalue weighted by molar-refractivity contribution is -0.137. The smallest absolute Gasteiger partial charge is 0.380 e. The first kappa shape index (κ1) is 15.0. The zero-order valence-corrected chi connectivity index (χ0v) is 10.6. The quantitative estimate of drug-likeness (QED) is 0.884. The number of hydrogen-bond acceptors (Lipinski definition) is 2. The highest BCUT2D eigenvalue weighted by molar-refractivity contribution is 5.27. The van der Waals surface area contributed by atoms with Gasteiger partial charge in [0.25, 0.3) is 0 Å². The molecule has 0 saturated heterocycles. The fraction of sp³-hybridized carbons (Fsp3) is 0.538. The summed E-state index contributed by atoms with van der Waals surface area (Å²) >= 11 is 0. The second-order valence-electron chi connectivity index (χ2n) is 4.67. The molecule has 1 unspecified atom stereocenters. The fourth-order valence-electron chi connectivity index (χ4n) is 1.71. The van der Waals surface area contributed by atoms with Gasteiger partial charge in [-0.2, -0.15) is 13.2 Å². The monoisotopic (exact) mass is 261 g/mol. The molecule has 2 N–H and O–H groups in total. The van der Waals surface area contributed by atoms with Crippen LogP contribution in [0.5, 0.6) is 0 Å². The van der Waals surface area contributed by atoms with Crippen LogP contribution >= 0.6 is 0 Å². The van der Waals surface area contributed by atoms with Crippen molar-refractivity contribution in [2.75, 3.05) is 13.2 Å². The number of halogens is 3. The Morgan fingerprint density at radius 3 is 2.50 bits per heavy atom. The molecule has 0 aliphatic carbocycles. The van der Waals surface area contributed by atoms with Crippen LogP contribution < -0.4 is 5.73 Å². The van der Waals surface area contributed by atoms with Gasteiger partial charge in [-0.3, -0.25) is 0 Å². The molecule has 1 atom stereocenters. The molecule has 1 aromatic carbocycles. The summed E-state index contributed by atoms with van der Waals surface area (Å²) in [6.07, 6.45) is -3.97. The standard InChI is InChI=1S/C13H18F3NO/c1-3-18-9-12(2,17)8-10-5-4-6-11(7-10)13(14,15)16/h4-7H,3,8-9,17H2,1-2H3. The lowest BCUT2D eigenvalue weighted by Gasteiger charge is -2.24. The summed E-state index contributed by atoms with van der Waals surface area (Å²) in [7, 11) is 0. The normalized spacial score (nSPS) is 15.4. The van der Waals surface area contributed by atoms with Crippen LogP contribution in [0.2, 0.25) is 0 Å². The number of benzene rings is 1. The van der Waals surface area contributed by atoms with Crippen LogP contribution in [0.15, 0.2) is 24.3 Å². The van der Waals surface area contributed by atoms with Gasteiger partial charge < -0.3 is 10.5 Å². The molecule has 0 aliphatic heterocycles. The molecule has 0 bridgehead atoms. The Balaban J connectivity index is 2.79. The summed E-state index contributed by atoms with van der Waals surface area (Å²) in [5, 5.41) is 0. The average molecular weight is 261 g/mol. The van der Waals surface area contributed by atoms with Gasteiger partial charge in [0.05, 0.1) is 12.2 Å². The van der Waals surface area contributed by atoms with Crippen LogP contribution in [0.3, 0.4) is 0 Å². The third-order valence-corrected chi connectivity index (χ3v) is 2.50. The predicted molar refractivity (Wildman–Crippen MR) is 64.2 cm³/mol. The molecule has 1 aromatic rings. The Labute approximate surface area is 105 Å². The van der Waals surface area contributed by atoms with Crippen molar-refractivity contribution in [1.82, 2.24) is 0 Å². The van der Waals surface area contributed by atoms with E-state index < -0.39 is 17.3 Å². The molecule has 0 saturated carbocycles. The second kappa shape index (κ2) is 5.71. The molecular weight excluding hydrogens is 243 g/mol. The van der Waals surface area contributed by atoms with Gasteiger partial charge in [0.1, 0.15) is 0 Å². The van der Waals surface area contributed by atoms with E-state index >= 15 is 0 Å². The third kappa shape index (κ3) is 4.66. The number of nitrogens with two attached hydrogens (primary N) is 1. The van der Waals surface area contributed by atoms with Crippen molar-refractivity contribution in [1.29, 1.82) is 0 Å². The molecule has 5 heteroatoms. The minimum absolute atomic E-state index is 0.319. The highest BCUT2D eigenvalue weighted by Gasteiger charge is 2.31. The summed E-state index contributed by atoms with van der Waals surface area (Å²) in [6, 6.07) is 5.23. The van der Waals surface area contributed by atoms with Crippen molar-refractivity contribution >= 4 is 0 Å². The third-order valence-electron chi connectivity index (χ3n) is 2.50. The minimum atomic E-state index is -4.32. The molecule has 0 aliphatic rings. The topological polar surface area (TPSA) is 35.2 Å². The van der Waals surface area contributed by atoms with E-state index in [0.717, 1.165) is 12.1 Å². The van der Waals surface area contributed by atoms with Crippen LogP contribution in [0.4, 0.5) is 13.2 Å². The summed E-state index contributed by atoms with van der Waals surface area (Å²) in [5.41, 5.74) is 5.24. The van der Waals surface area contributed by atoms with Crippen LogP contribution in [-0.4, -0.2) is 18.8 Å². The van der Waals surface area contributed by atoms with Crippen molar-refractivity contribution in [2.45, 2.75) is 32.0 Å². The first-order valence-electron chi connectivity index (χ1n) is 5.77. The van der Waals surface area contributed by atoms with Gasteiger partial charge in [0.2, 0.25) is 0 Å². The highest BCUT2D eigenvalue weighted by atomic mass is 19.4. The van der Waals surface area contributed by atoms with Crippen molar-refractivity contribution < 1.29 is 17.9 Å². The van der Waals surface area contributed by atoms with E-state index in [1.165, 1.54) is 6.07 Å². The van der Waals surface area contributed by atoms with E-state index in [9.17, 15) is 13.2 Å². The Bertz CT molecular complexity index is 388. The molecule has 1 rings (SSSR count). The molecular formula is C13H18F3NO. The molecule has 0 amide bonds. The molecule has 0 fully saturated rings. The van der Waals surface area contributed by atoms with Gasteiger partial charge in [-0.25, -0.2) is 0 Å². The molecule has 0 spiro atoms. The SMILES string of the molecule is CCOCC(C)(N)Cc1cccc(C(F)(F)F)c1. The summed E-state index contributed by atoms with van der Waals surface area (Å²) < 4.78 is 42.9. The van der Waals surface area contributed by atoms with Crippen molar-refractivity contribution in [3.63, 3.8) is 0 Å². The zero-order valence-electron chi connectivity index (χ0n) is 10.6. The lowest BCUT2D eigenvalue weighted by Crippen LogP contribution is -2.43. The number of alkyl halides is 3. The number of ether oxygens (including phenoxy) is 1. The zero-order chi connectivity index (χ0) is 13.8. The number of hydrogen-bond donors (Lipinski definition) is 1. The van der Waals surface area contributed by atoms with Crippen molar-refractivity contribution in [2.24, 2.45) is 5.73 Å². The summed E-state index contributed by atoms with van der Waals surface area (Å²) in [5.74, 6) is 0. The second-order valence-corrected chi connectivity index (χ2v) is 4.67. The maximum absolute atomic E-state index is 12.5. The van der Waals surface area contributed by atoms with E-state index in [-0.39, 0.29) is 0 Å². The summed E-state index contributed by atoms with van der Waals surface area (Å²) in [4.78, 5) is 0.